The zero-order chi connectivity index (χ0) is 10.6. The SMILES string of the molecule is CCC(C)C(NN)c1cccnc1N. The first-order chi connectivity index (χ1) is 6.70. The number of hydrogen-bond donors (Lipinski definition) is 3. The second-order valence-corrected chi connectivity index (χ2v) is 3.51. The monoisotopic (exact) mass is 194 g/mol. The maximum absolute atomic E-state index is 5.78. The smallest absolute Gasteiger partial charge is 0.128 e. The van der Waals surface area contributed by atoms with Crippen molar-refractivity contribution in [1.29, 1.82) is 0 Å². The van der Waals surface area contributed by atoms with Crippen LogP contribution in [-0.2, 0) is 0 Å². The van der Waals surface area contributed by atoms with E-state index in [1.165, 1.54) is 0 Å². The predicted molar refractivity (Wildman–Crippen MR) is 58.2 cm³/mol. The van der Waals surface area contributed by atoms with Gasteiger partial charge >= 0.3 is 0 Å². The van der Waals surface area contributed by atoms with Gasteiger partial charge in [0, 0.05) is 11.8 Å². The predicted octanol–water partition coefficient (Wildman–Crippen LogP) is 1.21. The lowest BCUT2D eigenvalue weighted by molar-refractivity contribution is 0.383. The van der Waals surface area contributed by atoms with E-state index in [4.69, 9.17) is 11.6 Å². The van der Waals surface area contributed by atoms with Crippen LogP contribution in [0.3, 0.4) is 0 Å². The van der Waals surface area contributed by atoms with Crippen molar-refractivity contribution in [3.63, 3.8) is 0 Å². The molecular weight excluding hydrogens is 176 g/mol. The summed E-state index contributed by atoms with van der Waals surface area (Å²) in [5.41, 5.74) is 9.55. The molecule has 0 aliphatic rings. The summed E-state index contributed by atoms with van der Waals surface area (Å²) in [6, 6.07) is 3.91. The number of hydrogen-bond acceptors (Lipinski definition) is 4. The summed E-state index contributed by atoms with van der Waals surface area (Å²) in [5.74, 6) is 6.51. The highest BCUT2D eigenvalue weighted by Crippen LogP contribution is 2.26. The van der Waals surface area contributed by atoms with E-state index in [2.05, 4.69) is 24.3 Å². The van der Waals surface area contributed by atoms with E-state index in [0.717, 1.165) is 12.0 Å². The molecule has 2 unspecified atom stereocenters. The second kappa shape index (κ2) is 4.93. The van der Waals surface area contributed by atoms with Gasteiger partial charge in [0.1, 0.15) is 5.82 Å². The van der Waals surface area contributed by atoms with E-state index in [-0.39, 0.29) is 6.04 Å². The largest absolute Gasteiger partial charge is 0.383 e. The van der Waals surface area contributed by atoms with E-state index in [0.29, 0.717) is 11.7 Å². The molecule has 78 valence electrons. The van der Waals surface area contributed by atoms with Crippen LogP contribution in [0.2, 0.25) is 0 Å². The fourth-order valence-electron chi connectivity index (χ4n) is 1.49. The van der Waals surface area contributed by atoms with Crippen molar-refractivity contribution in [3.8, 4) is 0 Å². The van der Waals surface area contributed by atoms with Crippen LogP contribution >= 0.6 is 0 Å². The van der Waals surface area contributed by atoms with Crippen molar-refractivity contribution in [3.05, 3.63) is 23.9 Å². The molecule has 0 radical (unpaired) electrons. The molecule has 0 spiro atoms. The number of anilines is 1. The summed E-state index contributed by atoms with van der Waals surface area (Å²) in [7, 11) is 0. The Hall–Kier alpha value is -1.13. The van der Waals surface area contributed by atoms with Crippen LogP contribution in [-0.4, -0.2) is 4.98 Å². The molecule has 0 saturated carbocycles. The molecule has 5 N–H and O–H groups in total. The van der Waals surface area contributed by atoms with Gasteiger partial charge in [0.25, 0.3) is 0 Å². The number of rotatable bonds is 4. The second-order valence-electron chi connectivity index (χ2n) is 3.51. The van der Waals surface area contributed by atoms with Crippen LogP contribution in [0.1, 0.15) is 31.9 Å². The third-order valence-electron chi connectivity index (χ3n) is 2.60. The van der Waals surface area contributed by atoms with E-state index in [9.17, 15) is 0 Å². The zero-order valence-electron chi connectivity index (χ0n) is 8.70. The first-order valence-electron chi connectivity index (χ1n) is 4.87. The minimum Gasteiger partial charge on any atom is -0.383 e. The molecule has 0 saturated heterocycles. The Morgan fingerprint density at radius 3 is 2.79 bits per heavy atom. The van der Waals surface area contributed by atoms with Crippen LogP contribution < -0.4 is 17.0 Å². The lowest BCUT2D eigenvalue weighted by Gasteiger charge is -2.23. The van der Waals surface area contributed by atoms with Crippen LogP contribution in [0.4, 0.5) is 5.82 Å². The Labute approximate surface area is 84.7 Å². The van der Waals surface area contributed by atoms with E-state index < -0.39 is 0 Å². The normalized spacial score (nSPS) is 15.1. The third-order valence-corrected chi connectivity index (χ3v) is 2.60. The number of nitrogens with two attached hydrogens (primary N) is 2. The Morgan fingerprint density at radius 1 is 1.57 bits per heavy atom. The summed E-state index contributed by atoms with van der Waals surface area (Å²) in [6.45, 7) is 4.26. The molecule has 2 atom stereocenters. The van der Waals surface area contributed by atoms with Gasteiger partial charge in [-0.15, -0.1) is 0 Å². The van der Waals surface area contributed by atoms with Gasteiger partial charge in [-0.3, -0.25) is 11.3 Å². The van der Waals surface area contributed by atoms with E-state index >= 15 is 0 Å². The minimum absolute atomic E-state index is 0.0775. The van der Waals surface area contributed by atoms with Crippen molar-refractivity contribution in [2.75, 3.05) is 5.73 Å². The van der Waals surface area contributed by atoms with E-state index in [1.54, 1.807) is 6.20 Å². The molecule has 4 nitrogen and oxygen atoms in total. The number of pyridine rings is 1. The number of nitrogen functional groups attached to an aromatic ring is 1. The lowest BCUT2D eigenvalue weighted by atomic mass is 9.93. The van der Waals surface area contributed by atoms with Gasteiger partial charge in [-0.1, -0.05) is 26.3 Å². The molecule has 14 heavy (non-hydrogen) atoms. The number of hydrazine groups is 1. The molecule has 0 aliphatic heterocycles. The molecule has 1 heterocycles. The average molecular weight is 194 g/mol. The first-order valence-corrected chi connectivity index (χ1v) is 4.87. The summed E-state index contributed by atoms with van der Waals surface area (Å²) in [5, 5.41) is 0. The molecule has 0 aromatic carbocycles. The highest BCUT2D eigenvalue weighted by molar-refractivity contribution is 5.41. The molecule has 0 aliphatic carbocycles. The van der Waals surface area contributed by atoms with Gasteiger partial charge in [-0.05, 0) is 12.0 Å². The molecule has 1 aromatic heterocycles. The third kappa shape index (κ3) is 2.21. The molecule has 1 rings (SSSR count). The maximum atomic E-state index is 5.78. The van der Waals surface area contributed by atoms with Crippen LogP contribution in [0, 0.1) is 5.92 Å². The van der Waals surface area contributed by atoms with Crippen LogP contribution in [0.25, 0.3) is 0 Å². The van der Waals surface area contributed by atoms with Gasteiger partial charge in [-0.2, -0.15) is 0 Å². The van der Waals surface area contributed by atoms with E-state index in [1.807, 2.05) is 12.1 Å². The summed E-state index contributed by atoms with van der Waals surface area (Å²) < 4.78 is 0. The number of aromatic nitrogens is 1. The lowest BCUT2D eigenvalue weighted by Crippen LogP contribution is -2.33. The zero-order valence-corrected chi connectivity index (χ0v) is 8.70. The van der Waals surface area contributed by atoms with Crippen molar-refractivity contribution in [2.45, 2.75) is 26.3 Å². The standard InChI is InChI=1S/C10H18N4/c1-3-7(2)9(14-12)8-5-4-6-13-10(8)11/h4-7,9,14H,3,12H2,1-2H3,(H2,11,13). The fourth-order valence-corrected chi connectivity index (χ4v) is 1.49. The van der Waals surface area contributed by atoms with Crippen LogP contribution in [0.15, 0.2) is 18.3 Å². The number of nitrogens with zero attached hydrogens (tertiary/aromatic N) is 1. The molecule has 0 fully saturated rings. The van der Waals surface area contributed by atoms with Crippen molar-refractivity contribution in [1.82, 2.24) is 10.4 Å². The summed E-state index contributed by atoms with van der Waals surface area (Å²) in [4.78, 5) is 4.05. The Morgan fingerprint density at radius 2 is 2.29 bits per heavy atom. The van der Waals surface area contributed by atoms with Crippen molar-refractivity contribution >= 4 is 5.82 Å². The maximum Gasteiger partial charge on any atom is 0.128 e. The first kappa shape index (κ1) is 10.9. The van der Waals surface area contributed by atoms with Gasteiger partial charge < -0.3 is 5.73 Å². The Balaban J connectivity index is 2.94. The quantitative estimate of drug-likeness (QED) is 0.497. The minimum atomic E-state index is 0.0775. The highest BCUT2D eigenvalue weighted by Gasteiger charge is 2.18. The van der Waals surface area contributed by atoms with Gasteiger partial charge in [0.05, 0.1) is 6.04 Å². The Bertz CT molecular complexity index is 287. The molecular formula is C10H18N4. The van der Waals surface area contributed by atoms with Crippen LogP contribution in [0.5, 0.6) is 0 Å². The number of nitrogens with one attached hydrogen (secondary N) is 1. The summed E-state index contributed by atoms with van der Waals surface area (Å²) >= 11 is 0. The van der Waals surface area contributed by atoms with Gasteiger partial charge in [0.2, 0.25) is 0 Å². The molecule has 0 amide bonds. The van der Waals surface area contributed by atoms with Gasteiger partial charge in [0.15, 0.2) is 0 Å². The topological polar surface area (TPSA) is 77.0 Å². The average Bonchev–Trinajstić information content (AvgIpc) is 2.21. The summed E-state index contributed by atoms with van der Waals surface area (Å²) in [6.07, 6.45) is 2.73. The van der Waals surface area contributed by atoms with Crippen molar-refractivity contribution in [2.24, 2.45) is 11.8 Å². The fraction of sp³-hybridized carbons (Fsp3) is 0.500. The Kier molecular flexibility index (Phi) is 3.85. The van der Waals surface area contributed by atoms with Crippen molar-refractivity contribution < 1.29 is 0 Å². The highest BCUT2D eigenvalue weighted by atomic mass is 15.2. The molecule has 1 aromatic rings. The van der Waals surface area contributed by atoms with Gasteiger partial charge in [-0.25, -0.2) is 4.98 Å². The molecule has 0 bridgehead atoms. The molecule has 4 heteroatoms.